The van der Waals surface area contributed by atoms with Crippen molar-refractivity contribution in [2.75, 3.05) is 13.1 Å². The van der Waals surface area contributed by atoms with Gasteiger partial charge in [-0.1, -0.05) is 30.3 Å². The van der Waals surface area contributed by atoms with Crippen LogP contribution in [0.4, 0.5) is 13.2 Å². The number of hydrogen-bond donors (Lipinski definition) is 0. The third-order valence-electron chi connectivity index (χ3n) is 5.12. The molecule has 0 saturated carbocycles. The Morgan fingerprint density at radius 2 is 1.86 bits per heavy atom. The molecule has 1 aromatic carbocycles. The third-order valence-corrected chi connectivity index (χ3v) is 6.06. The summed E-state index contributed by atoms with van der Waals surface area (Å²) in [6.45, 7) is 2.03. The molecule has 3 heterocycles. The zero-order chi connectivity index (χ0) is 20.6. The van der Waals surface area contributed by atoms with E-state index in [1.165, 1.54) is 0 Å². The molecule has 0 radical (unpaired) electrons. The molecule has 0 bridgehead atoms. The molecule has 0 spiro atoms. The predicted molar refractivity (Wildman–Crippen MR) is 104 cm³/mol. The van der Waals surface area contributed by atoms with Gasteiger partial charge in [0.15, 0.2) is 0 Å². The van der Waals surface area contributed by atoms with E-state index in [1.54, 1.807) is 11.3 Å². The van der Waals surface area contributed by atoms with Crippen molar-refractivity contribution >= 4 is 11.3 Å². The summed E-state index contributed by atoms with van der Waals surface area (Å²) in [6.07, 6.45) is -3.49. The lowest BCUT2D eigenvalue weighted by Crippen LogP contribution is -2.37. The Morgan fingerprint density at radius 3 is 2.48 bits per heavy atom. The number of rotatable bonds is 4. The van der Waals surface area contributed by atoms with Gasteiger partial charge in [-0.25, -0.2) is 14.5 Å². The quantitative estimate of drug-likeness (QED) is 0.644. The zero-order valence-corrected chi connectivity index (χ0v) is 16.6. The van der Waals surface area contributed by atoms with E-state index in [9.17, 15) is 18.0 Å². The van der Waals surface area contributed by atoms with Crippen molar-refractivity contribution in [3.05, 3.63) is 57.7 Å². The average molecular weight is 423 g/mol. The van der Waals surface area contributed by atoms with Gasteiger partial charge in [0.2, 0.25) is 5.82 Å². The maximum absolute atomic E-state index is 13.0. The molecule has 29 heavy (non-hydrogen) atoms. The van der Waals surface area contributed by atoms with E-state index in [0.29, 0.717) is 37.0 Å². The highest BCUT2D eigenvalue weighted by Gasteiger charge is 2.39. The van der Waals surface area contributed by atoms with Crippen molar-refractivity contribution < 1.29 is 13.2 Å². The topological polar surface area (TPSA) is 56.0 Å². The fraction of sp³-hybridized carbons (Fsp3) is 0.421. The molecule has 2 aromatic heterocycles. The third kappa shape index (κ3) is 4.13. The van der Waals surface area contributed by atoms with Gasteiger partial charge in [-0.15, -0.1) is 16.4 Å². The second-order valence-corrected chi connectivity index (χ2v) is 7.98. The van der Waals surface area contributed by atoms with E-state index in [4.69, 9.17) is 0 Å². The van der Waals surface area contributed by atoms with Gasteiger partial charge in [0.1, 0.15) is 5.01 Å². The van der Waals surface area contributed by atoms with Gasteiger partial charge in [-0.05, 0) is 12.8 Å². The van der Waals surface area contributed by atoms with Crippen LogP contribution in [0.5, 0.6) is 0 Å². The summed E-state index contributed by atoms with van der Waals surface area (Å²) in [7, 11) is 1.11. The first kappa shape index (κ1) is 19.8. The first-order valence-electron chi connectivity index (χ1n) is 9.28. The van der Waals surface area contributed by atoms with Crippen LogP contribution in [0.25, 0.3) is 10.6 Å². The van der Waals surface area contributed by atoms with E-state index in [1.807, 2.05) is 35.7 Å². The summed E-state index contributed by atoms with van der Waals surface area (Å²) in [5, 5.41) is 6.57. The van der Waals surface area contributed by atoms with Crippen LogP contribution in [0.2, 0.25) is 0 Å². The average Bonchev–Trinajstić information content (AvgIpc) is 3.28. The highest BCUT2D eigenvalue weighted by atomic mass is 32.1. The predicted octanol–water partition coefficient (Wildman–Crippen LogP) is 3.56. The van der Waals surface area contributed by atoms with Crippen molar-refractivity contribution in [3.63, 3.8) is 0 Å². The molecule has 6 nitrogen and oxygen atoms in total. The van der Waals surface area contributed by atoms with Gasteiger partial charge in [0.05, 0.1) is 11.7 Å². The maximum atomic E-state index is 13.0. The lowest BCUT2D eigenvalue weighted by molar-refractivity contribution is -0.147. The molecule has 154 valence electrons. The zero-order valence-electron chi connectivity index (χ0n) is 15.8. The van der Waals surface area contributed by atoms with Crippen molar-refractivity contribution in [2.24, 2.45) is 7.05 Å². The maximum Gasteiger partial charge on any atom is 0.451 e. The van der Waals surface area contributed by atoms with E-state index in [0.717, 1.165) is 28.0 Å². The van der Waals surface area contributed by atoms with E-state index >= 15 is 0 Å². The van der Waals surface area contributed by atoms with Crippen LogP contribution < -0.4 is 5.69 Å². The number of alkyl halides is 3. The van der Waals surface area contributed by atoms with Gasteiger partial charge in [0, 0.05) is 37.6 Å². The molecule has 1 aliphatic rings. The summed E-state index contributed by atoms with van der Waals surface area (Å²) in [5.74, 6) is -1.15. The monoisotopic (exact) mass is 423 g/mol. The lowest BCUT2D eigenvalue weighted by atomic mass is 10.1. The normalized spacial score (nSPS) is 16.4. The molecule has 1 aliphatic heterocycles. The molecular formula is C19H20F3N5OS. The fourth-order valence-corrected chi connectivity index (χ4v) is 4.40. The molecule has 0 N–H and O–H groups in total. The molecule has 1 fully saturated rings. The van der Waals surface area contributed by atoms with Crippen molar-refractivity contribution in [1.82, 2.24) is 24.2 Å². The largest absolute Gasteiger partial charge is 0.451 e. The van der Waals surface area contributed by atoms with E-state index < -0.39 is 17.7 Å². The minimum absolute atomic E-state index is 0.323. The number of benzene rings is 1. The van der Waals surface area contributed by atoms with E-state index in [-0.39, 0.29) is 6.04 Å². The number of halogens is 3. The fourth-order valence-electron chi connectivity index (χ4n) is 3.58. The van der Waals surface area contributed by atoms with Crippen molar-refractivity contribution in [1.29, 1.82) is 0 Å². The van der Waals surface area contributed by atoms with Gasteiger partial charge >= 0.3 is 11.9 Å². The molecule has 3 aromatic rings. The smallest absolute Gasteiger partial charge is 0.297 e. The summed E-state index contributed by atoms with van der Waals surface area (Å²) < 4.78 is 40.5. The number of nitrogens with zero attached hydrogens (tertiary/aromatic N) is 5. The van der Waals surface area contributed by atoms with Gasteiger partial charge < -0.3 is 0 Å². The summed E-state index contributed by atoms with van der Waals surface area (Å²) in [6, 6.07) is 9.64. The first-order chi connectivity index (χ1) is 13.8. The van der Waals surface area contributed by atoms with Crippen LogP contribution in [0.15, 0.2) is 40.5 Å². The molecular weight excluding hydrogens is 403 g/mol. The molecule has 0 aliphatic carbocycles. The standard InChI is InChI=1S/C19H20F3N5OS/c1-25-17(19(20,21)22)24-27(18(25)28)15-7-9-26(10-8-15)11-14-12-29-16(23-14)13-5-3-2-4-6-13/h2-6,12,15H,7-11H2,1H3. The minimum atomic E-state index is -4.64. The Balaban J connectivity index is 1.39. The first-order valence-corrected chi connectivity index (χ1v) is 10.2. The molecule has 10 heteroatoms. The van der Waals surface area contributed by atoms with Crippen LogP contribution >= 0.6 is 11.3 Å². The van der Waals surface area contributed by atoms with Gasteiger partial charge in [-0.2, -0.15) is 13.2 Å². The molecule has 0 atom stereocenters. The van der Waals surface area contributed by atoms with Gasteiger partial charge in [0.25, 0.3) is 0 Å². The lowest BCUT2D eigenvalue weighted by Gasteiger charge is -2.31. The Morgan fingerprint density at radius 1 is 1.17 bits per heavy atom. The molecule has 0 unspecified atom stereocenters. The van der Waals surface area contributed by atoms with Crippen LogP contribution in [-0.2, 0) is 19.8 Å². The molecule has 1 saturated heterocycles. The molecule has 0 amide bonds. The summed E-state index contributed by atoms with van der Waals surface area (Å²) >= 11 is 1.59. The van der Waals surface area contributed by atoms with Crippen LogP contribution in [0, 0.1) is 0 Å². The number of likely N-dealkylation sites (tertiary alicyclic amines) is 1. The van der Waals surface area contributed by atoms with E-state index in [2.05, 4.69) is 15.0 Å². The Bertz CT molecular complexity index is 1030. The molecule has 4 rings (SSSR count). The summed E-state index contributed by atoms with van der Waals surface area (Å²) in [4.78, 5) is 19.1. The second kappa shape index (κ2) is 7.75. The summed E-state index contributed by atoms with van der Waals surface area (Å²) in [5.41, 5.74) is 1.34. The SMILES string of the molecule is Cn1c(C(F)(F)F)nn(C2CCN(Cc3csc(-c4ccccc4)n3)CC2)c1=O. The Labute approximate surface area is 169 Å². The van der Waals surface area contributed by atoms with Crippen LogP contribution in [-0.4, -0.2) is 37.3 Å². The van der Waals surface area contributed by atoms with Crippen molar-refractivity contribution in [3.8, 4) is 10.6 Å². The number of piperidine rings is 1. The number of aromatic nitrogens is 4. The Hall–Kier alpha value is -2.46. The van der Waals surface area contributed by atoms with Crippen molar-refractivity contribution in [2.45, 2.75) is 31.6 Å². The highest BCUT2D eigenvalue weighted by molar-refractivity contribution is 7.13. The van der Waals surface area contributed by atoms with Gasteiger partial charge in [-0.3, -0.25) is 9.47 Å². The minimum Gasteiger partial charge on any atom is -0.297 e. The highest BCUT2D eigenvalue weighted by Crippen LogP contribution is 2.29. The van der Waals surface area contributed by atoms with Crippen LogP contribution in [0.3, 0.4) is 0 Å². The van der Waals surface area contributed by atoms with Crippen LogP contribution in [0.1, 0.15) is 30.4 Å². The number of thiazole rings is 1. The number of hydrogen-bond acceptors (Lipinski definition) is 5. The second-order valence-electron chi connectivity index (χ2n) is 7.12. The Kier molecular flexibility index (Phi) is 5.30.